The fourth-order valence-electron chi connectivity index (χ4n) is 1.94. The van der Waals surface area contributed by atoms with Crippen LogP contribution in [0.3, 0.4) is 0 Å². The summed E-state index contributed by atoms with van der Waals surface area (Å²) in [5.74, 6) is -0.0324. The standard InChI is InChI=1S/C12H14BrClN2O/c1-12(5-2-6-15-12)11(17)16-10-7-8(13)3-4-9(10)14/h3-4,7,15H,2,5-6H2,1H3,(H,16,17). The van der Waals surface area contributed by atoms with Gasteiger partial charge < -0.3 is 10.6 Å². The number of benzene rings is 1. The summed E-state index contributed by atoms with van der Waals surface area (Å²) in [6.45, 7) is 2.80. The Balaban J connectivity index is 2.15. The summed E-state index contributed by atoms with van der Waals surface area (Å²) in [5.41, 5.74) is 0.159. The Morgan fingerprint density at radius 2 is 2.35 bits per heavy atom. The number of halogens is 2. The van der Waals surface area contributed by atoms with E-state index in [2.05, 4.69) is 26.6 Å². The summed E-state index contributed by atoms with van der Waals surface area (Å²) in [4.78, 5) is 12.2. The Hall–Kier alpha value is -0.580. The highest BCUT2D eigenvalue weighted by Crippen LogP contribution is 2.28. The number of anilines is 1. The molecule has 2 rings (SSSR count). The van der Waals surface area contributed by atoms with E-state index in [1.807, 2.05) is 13.0 Å². The van der Waals surface area contributed by atoms with Crippen LogP contribution in [0.1, 0.15) is 19.8 Å². The number of hydrogen-bond acceptors (Lipinski definition) is 2. The highest BCUT2D eigenvalue weighted by molar-refractivity contribution is 9.10. The third kappa shape index (κ3) is 2.81. The van der Waals surface area contributed by atoms with Gasteiger partial charge in [-0.25, -0.2) is 0 Å². The summed E-state index contributed by atoms with van der Waals surface area (Å²) < 4.78 is 0.890. The molecule has 1 atom stereocenters. The maximum Gasteiger partial charge on any atom is 0.244 e. The third-order valence-electron chi connectivity index (χ3n) is 3.05. The molecule has 0 aliphatic carbocycles. The first-order chi connectivity index (χ1) is 8.01. The summed E-state index contributed by atoms with van der Waals surface area (Å²) in [6, 6.07) is 5.40. The third-order valence-corrected chi connectivity index (χ3v) is 3.87. The quantitative estimate of drug-likeness (QED) is 0.879. The van der Waals surface area contributed by atoms with Gasteiger partial charge in [-0.1, -0.05) is 27.5 Å². The van der Waals surface area contributed by atoms with Gasteiger partial charge in [-0.3, -0.25) is 4.79 Å². The van der Waals surface area contributed by atoms with Gasteiger partial charge in [0.15, 0.2) is 0 Å². The molecule has 1 saturated heterocycles. The highest BCUT2D eigenvalue weighted by Gasteiger charge is 2.36. The lowest BCUT2D eigenvalue weighted by atomic mass is 9.99. The Morgan fingerprint density at radius 3 is 3.00 bits per heavy atom. The van der Waals surface area contributed by atoms with E-state index in [4.69, 9.17) is 11.6 Å². The topological polar surface area (TPSA) is 41.1 Å². The molecule has 1 aliphatic heterocycles. The van der Waals surface area contributed by atoms with Crippen molar-refractivity contribution in [2.45, 2.75) is 25.3 Å². The van der Waals surface area contributed by atoms with E-state index in [9.17, 15) is 4.79 Å². The van der Waals surface area contributed by atoms with Crippen molar-refractivity contribution in [3.63, 3.8) is 0 Å². The molecule has 1 heterocycles. The van der Waals surface area contributed by atoms with Crippen molar-refractivity contribution in [3.8, 4) is 0 Å². The zero-order chi connectivity index (χ0) is 12.5. The number of carbonyl (C=O) groups is 1. The molecule has 0 aromatic heterocycles. The van der Waals surface area contributed by atoms with Gasteiger partial charge >= 0.3 is 0 Å². The molecule has 0 bridgehead atoms. The molecule has 0 saturated carbocycles. The van der Waals surface area contributed by atoms with E-state index < -0.39 is 5.54 Å². The predicted octanol–water partition coefficient (Wildman–Crippen LogP) is 3.18. The molecule has 1 aromatic rings. The molecule has 0 radical (unpaired) electrons. The van der Waals surface area contributed by atoms with Crippen LogP contribution in [0.4, 0.5) is 5.69 Å². The lowest BCUT2D eigenvalue weighted by molar-refractivity contribution is -0.121. The number of carbonyl (C=O) groups excluding carboxylic acids is 1. The average Bonchev–Trinajstić information content (AvgIpc) is 2.72. The van der Waals surface area contributed by atoms with Crippen LogP contribution in [-0.2, 0) is 4.79 Å². The Kier molecular flexibility index (Phi) is 3.76. The molecule has 1 amide bonds. The number of rotatable bonds is 2. The molecule has 92 valence electrons. The van der Waals surface area contributed by atoms with E-state index in [1.165, 1.54) is 0 Å². The summed E-state index contributed by atoms with van der Waals surface area (Å²) in [7, 11) is 0. The molecule has 5 heteroatoms. The lowest BCUT2D eigenvalue weighted by Crippen LogP contribution is -2.48. The van der Waals surface area contributed by atoms with Crippen molar-refractivity contribution in [3.05, 3.63) is 27.7 Å². The van der Waals surface area contributed by atoms with Crippen LogP contribution < -0.4 is 10.6 Å². The molecule has 0 spiro atoms. The van der Waals surface area contributed by atoms with Crippen LogP contribution in [0, 0.1) is 0 Å². The molecule has 1 aromatic carbocycles. The minimum Gasteiger partial charge on any atom is -0.323 e. The highest BCUT2D eigenvalue weighted by atomic mass is 79.9. The largest absolute Gasteiger partial charge is 0.323 e. The fraction of sp³-hybridized carbons (Fsp3) is 0.417. The summed E-state index contributed by atoms with van der Waals surface area (Å²) >= 11 is 9.39. The monoisotopic (exact) mass is 316 g/mol. The second-order valence-electron chi connectivity index (χ2n) is 4.44. The van der Waals surface area contributed by atoms with E-state index in [0.717, 1.165) is 23.9 Å². The second kappa shape index (κ2) is 4.96. The second-order valence-corrected chi connectivity index (χ2v) is 5.76. The van der Waals surface area contributed by atoms with Crippen LogP contribution >= 0.6 is 27.5 Å². The molecule has 3 nitrogen and oxygen atoms in total. The van der Waals surface area contributed by atoms with Crippen LogP contribution in [0.2, 0.25) is 5.02 Å². The van der Waals surface area contributed by atoms with Gasteiger partial charge in [0.05, 0.1) is 16.2 Å². The van der Waals surface area contributed by atoms with Crippen molar-refractivity contribution in [1.82, 2.24) is 5.32 Å². The first kappa shape index (κ1) is 12.9. The van der Waals surface area contributed by atoms with Crippen molar-refractivity contribution in [2.75, 3.05) is 11.9 Å². The first-order valence-corrected chi connectivity index (χ1v) is 6.70. The van der Waals surface area contributed by atoms with Gasteiger partial charge in [0.1, 0.15) is 0 Å². The minimum absolute atomic E-state index is 0.0324. The van der Waals surface area contributed by atoms with E-state index in [-0.39, 0.29) is 5.91 Å². The summed E-state index contributed by atoms with van der Waals surface area (Å²) in [6.07, 6.45) is 1.88. The summed E-state index contributed by atoms with van der Waals surface area (Å²) in [5, 5.41) is 6.63. The van der Waals surface area contributed by atoms with Crippen LogP contribution in [0.25, 0.3) is 0 Å². The van der Waals surface area contributed by atoms with Gasteiger partial charge in [-0.15, -0.1) is 0 Å². The number of hydrogen-bond donors (Lipinski definition) is 2. The fourth-order valence-corrected chi connectivity index (χ4v) is 2.47. The Morgan fingerprint density at radius 1 is 1.59 bits per heavy atom. The lowest BCUT2D eigenvalue weighted by Gasteiger charge is -2.23. The predicted molar refractivity (Wildman–Crippen MR) is 73.4 cm³/mol. The molecule has 17 heavy (non-hydrogen) atoms. The Bertz CT molecular complexity index is 444. The maximum absolute atomic E-state index is 12.2. The zero-order valence-electron chi connectivity index (χ0n) is 9.52. The van der Waals surface area contributed by atoms with E-state index in [1.54, 1.807) is 12.1 Å². The molecule has 1 unspecified atom stereocenters. The van der Waals surface area contributed by atoms with E-state index in [0.29, 0.717) is 10.7 Å². The van der Waals surface area contributed by atoms with Gasteiger partial charge in [-0.2, -0.15) is 0 Å². The van der Waals surface area contributed by atoms with Crippen LogP contribution in [-0.4, -0.2) is 18.0 Å². The smallest absolute Gasteiger partial charge is 0.244 e. The average molecular weight is 318 g/mol. The molecule has 1 fully saturated rings. The first-order valence-electron chi connectivity index (χ1n) is 5.53. The SMILES string of the molecule is CC1(C(=O)Nc2cc(Br)ccc2Cl)CCCN1. The van der Waals surface area contributed by atoms with Crippen LogP contribution in [0.5, 0.6) is 0 Å². The van der Waals surface area contributed by atoms with Crippen molar-refractivity contribution < 1.29 is 4.79 Å². The van der Waals surface area contributed by atoms with Gasteiger partial charge in [0, 0.05) is 4.47 Å². The van der Waals surface area contributed by atoms with Gasteiger partial charge in [0.2, 0.25) is 5.91 Å². The molecule has 2 N–H and O–H groups in total. The number of amides is 1. The normalized spacial score (nSPS) is 23.7. The van der Waals surface area contributed by atoms with Crippen molar-refractivity contribution >= 4 is 39.1 Å². The van der Waals surface area contributed by atoms with Gasteiger partial charge in [-0.05, 0) is 44.5 Å². The maximum atomic E-state index is 12.2. The number of nitrogens with one attached hydrogen (secondary N) is 2. The molecule has 1 aliphatic rings. The van der Waals surface area contributed by atoms with E-state index >= 15 is 0 Å². The van der Waals surface area contributed by atoms with Crippen LogP contribution in [0.15, 0.2) is 22.7 Å². The van der Waals surface area contributed by atoms with Crippen molar-refractivity contribution in [1.29, 1.82) is 0 Å². The Labute approximate surface area is 114 Å². The molecular weight excluding hydrogens is 304 g/mol. The minimum atomic E-state index is -0.481. The zero-order valence-corrected chi connectivity index (χ0v) is 11.9. The van der Waals surface area contributed by atoms with Gasteiger partial charge in [0.25, 0.3) is 0 Å². The molecular formula is C12H14BrClN2O. The van der Waals surface area contributed by atoms with Crippen molar-refractivity contribution in [2.24, 2.45) is 0 Å².